The van der Waals surface area contributed by atoms with Crippen molar-refractivity contribution in [2.75, 3.05) is 10.6 Å². The Hall–Kier alpha value is -3.84. The quantitative estimate of drug-likeness (QED) is 0.417. The van der Waals surface area contributed by atoms with Crippen LogP contribution in [-0.4, -0.2) is 16.9 Å². The average molecular weight is 419 g/mol. The molecule has 3 rings (SSSR count). The molecule has 0 unspecified atom stereocenters. The zero-order chi connectivity index (χ0) is 21.3. The van der Waals surface area contributed by atoms with Crippen molar-refractivity contribution in [2.24, 2.45) is 0 Å². The predicted molar refractivity (Wildman–Crippen MR) is 121 cm³/mol. The van der Waals surface area contributed by atoms with Gasteiger partial charge in [-0.15, -0.1) is 0 Å². The number of thiocarbonyl (C=S) groups is 1. The molecule has 0 spiro atoms. The number of carbonyl (C=O) groups is 2. The molecule has 150 valence electrons. The highest BCUT2D eigenvalue weighted by atomic mass is 32.1. The van der Waals surface area contributed by atoms with Gasteiger partial charge in [-0.05, 0) is 60.3 Å². The lowest BCUT2D eigenvalue weighted by Gasteiger charge is -2.13. The molecule has 0 aliphatic rings. The van der Waals surface area contributed by atoms with Crippen LogP contribution in [0.3, 0.4) is 0 Å². The van der Waals surface area contributed by atoms with Crippen LogP contribution in [0.5, 0.6) is 0 Å². The van der Waals surface area contributed by atoms with Gasteiger partial charge in [-0.1, -0.05) is 42.5 Å². The molecule has 7 heteroatoms. The number of hydrogen-bond acceptors (Lipinski definition) is 3. The predicted octanol–water partition coefficient (Wildman–Crippen LogP) is 4.60. The van der Waals surface area contributed by atoms with E-state index >= 15 is 0 Å². The van der Waals surface area contributed by atoms with Crippen molar-refractivity contribution in [3.63, 3.8) is 0 Å². The summed E-state index contributed by atoms with van der Waals surface area (Å²) in [6, 6.07) is 21.6. The molecule has 0 bridgehead atoms. The fraction of sp³-hybridized carbons (Fsp3) is 0. The Balaban J connectivity index is 1.61. The van der Waals surface area contributed by atoms with E-state index in [0.29, 0.717) is 22.5 Å². The van der Waals surface area contributed by atoms with Crippen molar-refractivity contribution >= 4 is 46.6 Å². The molecule has 0 aliphatic heterocycles. The largest absolute Gasteiger partial charge is 0.332 e. The number of rotatable bonds is 5. The Bertz CT molecular complexity index is 1080. The summed E-state index contributed by atoms with van der Waals surface area (Å²) in [6.45, 7) is 0. The third kappa shape index (κ3) is 6.08. The number of hydrogen-bond donors (Lipinski definition) is 3. The molecule has 2 amide bonds. The average Bonchev–Trinajstić information content (AvgIpc) is 2.74. The SMILES string of the molecule is O=C(/C=C/c1ccc(F)cc1)NC(=S)Nc1ccccc1C(=O)Nc1ccccc1. The second-order valence-electron chi connectivity index (χ2n) is 6.19. The Kier molecular flexibility index (Phi) is 7.02. The zero-order valence-electron chi connectivity index (χ0n) is 15.8. The number of para-hydroxylation sites is 2. The Morgan fingerprint density at radius 3 is 2.23 bits per heavy atom. The van der Waals surface area contributed by atoms with Crippen LogP contribution in [0, 0.1) is 5.82 Å². The van der Waals surface area contributed by atoms with Gasteiger partial charge < -0.3 is 10.6 Å². The van der Waals surface area contributed by atoms with Crippen molar-refractivity contribution in [2.45, 2.75) is 0 Å². The van der Waals surface area contributed by atoms with E-state index in [4.69, 9.17) is 12.2 Å². The molecule has 0 aromatic heterocycles. The van der Waals surface area contributed by atoms with Crippen molar-refractivity contribution in [3.8, 4) is 0 Å². The first-order valence-corrected chi connectivity index (χ1v) is 9.43. The minimum Gasteiger partial charge on any atom is -0.332 e. The number of carbonyl (C=O) groups excluding carboxylic acids is 2. The molecule has 30 heavy (non-hydrogen) atoms. The number of nitrogens with one attached hydrogen (secondary N) is 3. The summed E-state index contributed by atoms with van der Waals surface area (Å²) >= 11 is 5.18. The van der Waals surface area contributed by atoms with Gasteiger partial charge in [0.15, 0.2) is 5.11 Å². The molecule has 3 aromatic rings. The van der Waals surface area contributed by atoms with Gasteiger partial charge in [-0.2, -0.15) is 0 Å². The van der Waals surface area contributed by atoms with Gasteiger partial charge in [-0.25, -0.2) is 4.39 Å². The highest BCUT2D eigenvalue weighted by Gasteiger charge is 2.12. The van der Waals surface area contributed by atoms with E-state index in [9.17, 15) is 14.0 Å². The zero-order valence-corrected chi connectivity index (χ0v) is 16.6. The van der Waals surface area contributed by atoms with Crippen LogP contribution in [0.2, 0.25) is 0 Å². The van der Waals surface area contributed by atoms with E-state index in [2.05, 4.69) is 16.0 Å². The fourth-order valence-electron chi connectivity index (χ4n) is 2.56. The molecule has 5 nitrogen and oxygen atoms in total. The molecule has 0 fully saturated rings. The highest BCUT2D eigenvalue weighted by Crippen LogP contribution is 2.17. The maximum atomic E-state index is 12.9. The van der Waals surface area contributed by atoms with Gasteiger partial charge in [0.05, 0.1) is 11.3 Å². The van der Waals surface area contributed by atoms with Gasteiger partial charge in [0, 0.05) is 11.8 Å². The van der Waals surface area contributed by atoms with Crippen molar-refractivity contribution in [3.05, 3.63) is 102 Å². The summed E-state index contributed by atoms with van der Waals surface area (Å²) in [5.41, 5.74) is 2.17. The number of anilines is 2. The molecular formula is C23H18FN3O2S. The molecule has 0 saturated carbocycles. The molecule has 3 N–H and O–H groups in total. The van der Waals surface area contributed by atoms with Crippen LogP contribution in [0.4, 0.5) is 15.8 Å². The lowest BCUT2D eigenvalue weighted by atomic mass is 10.1. The Labute approximate surface area is 178 Å². The Morgan fingerprint density at radius 1 is 0.833 bits per heavy atom. The molecule has 3 aromatic carbocycles. The van der Waals surface area contributed by atoms with E-state index in [-0.39, 0.29) is 16.8 Å². The third-order valence-corrected chi connectivity index (χ3v) is 4.19. The van der Waals surface area contributed by atoms with E-state index in [0.717, 1.165) is 0 Å². The summed E-state index contributed by atoms with van der Waals surface area (Å²) in [7, 11) is 0. The van der Waals surface area contributed by atoms with E-state index in [1.54, 1.807) is 54.6 Å². The second-order valence-corrected chi connectivity index (χ2v) is 6.60. The lowest BCUT2D eigenvalue weighted by molar-refractivity contribution is -0.115. The summed E-state index contributed by atoms with van der Waals surface area (Å²) < 4.78 is 12.9. The molecule has 0 radical (unpaired) electrons. The standard InChI is InChI=1S/C23H18FN3O2S/c24-17-13-10-16(11-14-17)12-15-21(28)27-23(30)26-20-9-5-4-8-19(20)22(29)25-18-6-2-1-3-7-18/h1-15H,(H,25,29)(H2,26,27,28,30)/b15-12+. The maximum absolute atomic E-state index is 12.9. The van der Waals surface area contributed by atoms with Crippen LogP contribution < -0.4 is 16.0 Å². The van der Waals surface area contributed by atoms with Gasteiger partial charge in [0.1, 0.15) is 5.82 Å². The normalized spacial score (nSPS) is 10.4. The monoisotopic (exact) mass is 419 g/mol. The van der Waals surface area contributed by atoms with Crippen LogP contribution >= 0.6 is 12.2 Å². The van der Waals surface area contributed by atoms with Gasteiger partial charge in [0.25, 0.3) is 5.91 Å². The lowest BCUT2D eigenvalue weighted by Crippen LogP contribution is -2.33. The van der Waals surface area contributed by atoms with Crippen molar-refractivity contribution < 1.29 is 14.0 Å². The first kappa shape index (κ1) is 20.9. The molecule has 0 heterocycles. The number of benzene rings is 3. The maximum Gasteiger partial charge on any atom is 0.257 e. The number of amides is 2. The van der Waals surface area contributed by atoms with Crippen molar-refractivity contribution in [1.29, 1.82) is 0 Å². The summed E-state index contributed by atoms with van der Waals surface area (Å²) in [5, 5.41) is 8.24. The van der Waals surface area contributed by atoms with Gasteiger partial charge in [0.2, 0.25) is 5.91 Å². The molecular weight excluding hydrogens is 401 g/mol. The summed E-state index contributed by atoms with van der Waals surface area (Å²) in [4.78, 5) is 24.7. The van der Waals surface area contributed by atoms with Crippen molar-refractivity contribution in [1.82, 2.24) is 5.32 Å². The van der Waals surface area contributed by atoms with Crippen LogP contribution in [0.25, 0.3) is 6.08 Å². The molecule has 0 saturated heterocycles. The van der Waals surface area contributed by atoms with E-state index in [1.165, 1.54) is 18.2 Å². The highest BCUT2D eigenvalue weighted by molar-refractivity contribution is 7.80. The van der Waals surface area contributed by atoms with Gasteiger partial charge in [-0.3, -0.25) is 14.9 Å². The topological polar surface area (TPSA) is 70.2 Å². The first-order valence-electron chi connectivity index (χ1n) is 9.02. The first-order chi connectivity index (χ1) is 14.5. The molecule has 0 atom stereocenters. The minimum atomic E-state index is -0.456. The summed E-state index contributed by atoms with van der Waals surface area (Å²) in [6.07, 6.45) is 2.83. The van der Waals surface area contributed by atoms with Crippen LogP contribution in [-0.2, 0) is 4.79 Å². The van der Waals surface area contributed by atoms with Gasteiger partial charge >= 0.3 is 0 Å². The van der Waals surface area contributed by atoms with E-state index < -0.39 is 5.91 Å². The smallest absolute Gasteiger partial charge is 0.257 e. The third-order valence-electron chi connectivity index (χ3n) is 3.99. The fourth-order valence-corrected chi connectivity index (χ4v) is 2.77. The Morgan fingerprint density at radius 2 is 1.50 bits per heavy atom. The van der Waals surface area contributed by atoms with Crippen LogP contribution in [0.1, 0.15) is 15.9 Å². The van der Waals surface area contributed by atoms with Crippen LogP contribution in [0.15, 0.2) is 84.9 Å². The minimum absolute atomic E-state index is 0.0451. The molecule has 0 aliphatic carbocycles. The number of halogens is 1. The van der Waals surface area contributed by atoms with E-state index in [1.807, 2.05) is 18.2 Å². The second kappa shape index (κ2) is 10.1. The summed E-state index contributed by atoms with van der Waals surface area (Å²) in [5.74, 6) is -1.12.